The topological polar surface area (TPSA) is 59.8 Å². The molecule has 0 radical (unpaired) electrons. The summed E-state index contributed by atoms with van der Waals surface area (Å²) in [5, 5.41) is 10.3. The Bertz CT molecular complexity index is 272. The van der Waals surface area contributed by atoms with Crippen LogP contribution >= 0.6 is 12.6 Å². The maximum atomic E-state index is 10.4. The van der Waals surface area contributed by atoms with E-state index in [1.807, 2.05) is 0 Å². The van der Waals surface area contributed by atoms with Crippen LogP contribution in [-0.2, 0) is 18.4 Å². The van der Waals surface area contributed by atoms with Crippen LogP contribution in [0.25, 0.3) is 0 Å². The van der Waals surface area contributed by atoms with Crippen LogP contribution in [0.2, 0.25) is 0 Å². The summed E-state index contributed by atoms with van der Waals surface area (Å²) < 4.78 is 1.61. The number of aromatic nitrogens is 3. The number of hydrogen-bond acceptors (Lipinski definition) is 4. The molecule has 1 rings (SSSR count). The second-order valence-electron chi connectivity index (χ2n) is 2.38. The van der Waals surface area contributed by atoms with Gasteiger partial charge >= 0.3 is 0 Å². The molecule has 12 heavy (non-hydrogen) atoms. The number of rotatable bonds is 4. The fraction of sp³-hybridized carbons (Fsp3) is 0.500. The largest absolute Gasteiger partial charge is 0.303 e. The molecule has 0 saturated heterocycles. The number of nitrogens with one attached hydrogen (secondary N) is 1. The quantitative estimate of drug-likeness (QED) is 0.614. The van der Waals surface area contributed by atoms with E-state index in [1.165, 1.54) is 0 Å². The van der Waals surface area contributed by atoms with Gasteiger partial charge < -0.3 is 5.32 Å². The highest BCUT2D eigenvalue weighted by Crippen LogP contribution is 1.89. The molecule has 1 aromatic heterocycles. The number of thiol groups is 1. The smallest absolute Gasteiger partial charge is 0.199 e. The minimum atomic E-state index is -0.182. The second-order valence-corrected chi connectivity index (χ2v) is 2.88. The van der Waals surface area contributed by atoms with Crippen LogP contribution < -0.4 is 5.32 Å². The maximum absolute atomic E-state index is 10.4. The van der Waals surface area contributed by atoms with Crippen molar-refractivity contribution in [1.82, 2.24) is 20.3 Å². The summed E-state index contributed by atoms with van der Waals surface area (Å²) in [5.74, 6) is 0. The minimum Gasteiger partial charge on any atom is -0.303 e. The first kappa shape index (κ1) is 9.21. The zero-order valence-corrected chi connectivity index (χ0v) is 7.58. The molecule has 0 aliphatic heterocycles. The van der Waals surface area contributed by atoms with Gasteiger partial charge in [-0.15, -0.1) is 17.7 Å². The molecule has 0 unspecified atom stereocenters. The van der Waals surface area contributed by atoms with Gasteiger partial charge in [0.1, 0.15) is 0 Å². The highest BCUT2D eigenvalue weighted by molar-refractivity contribution is 7.96. The van der Waals surface area contributed by atoms with E-state index in [9.17, 15) is 4.79 Å². The zero-order chi connectivity index (χ0) is 8.97. The molecular formula is C6H10N4OS. The van der Waals surface area contributed by atoms with E-state index in [2.05, 4.69) is 28.3 Å². The molecule has 0 spiro atoms. The first-order chi connectivity index (χ1) is 5.68. The average molecular weight is 186 g/mol. The predicted octanol–water partition coefficient (Wildman–Crippen LogP) is -0.639. The van der Waals surface area contributed by atoms with Crippen molar-refractivity contribution in [2.24, 2.45) is 7.05 Å². The van der Waals surface area contributed by atoms with E-state index in [4.69, 9.17) is 0 Å². The maximum Gasteiger partial charge on any atom is 0.199 e. The molecular weight excluding hydrogens is 176 g/mol. The molecule has 0 aromatic carbocycles. The zero-order valence-electron chi connectivity index (χ0n) is 6.69. The van der Waals surface area contributed by atoms with Gasteiger partial charge in [-0.3, -0.25) is 9.48 Å². The van der Waals surface area contributed by atoms with Gasteiger partial charge in [-0.25, -0.2) is 0 Å². The van der Waals surface area contributed by atoms with Gasteiger partial charge in [-0.05, 0) is 0 Å². The number of nitrogens with zero attached hydrogens (tertiary/aromatic N) is 3. The van der Waals surface area contributed by atoms with Crippen LogP contribution in [0.4, 0.5) is 0 Å². The highest BCUT2D eigenvalue weighted by atomic mass is 32.1. The number of hydrogen-bond donors (Lipinski definition) is 2. The van der Waals surface area contributed by atoms with Gasteiger partial charge in [0.2, 0.25) is 0 Å². The Kier molecular flexibility index (Phi) is 3.24. The van der Waals surface area contributed by atoms with Gasteiger partial charge in [0, 0.05) is 19.8 Å². The third-order valence-electron chi connectivity index (χ3n) is 1.23. The summed E-state index contributed by atoms with van der Waals surface area (Å²) in [4.78, 5) is 10.4. The minimum absolute atomic E-state index is 0.182. The Balaban J connectivity index is 2.29. The Morgan fingerprint density at radius 3 is 3.08 bits per heavy atom. The molecule has 0 bridgehead atoms. The lowest BCUT2D eigenvalue weighted by molar-refractivity contribution is -0.110. The molecule has 0 fully saturated rings. The third-order valence-corrected chi connectivity index (χ3v) is 1.39. The Morgan fingerprint density at radius 1 is 1.83 bits per heavy atom. The molecule has 0 aliphatic carbocycles. The van der Waals surface area contributed by atoms with Crippen molar-refractivity contribution in [3.8, 4) is 0 Å². The van der Waals surface area contributed by atoms with Crippen molar-refractivity contribution < 1.29 is 4.79 Å². The molecule has 0 aliphatic rings. The molecule has 1 heterocycles. The summed E-state index contributed by atoms with van der Waals surface area (Å²) in [6, 6.07) is 0. The van der Waals surface area contributed by atoms with Gasteiger partial charge in [-0.1, -0.05) is 5.21 Å². The lowest BCUT2D eigenvalue weighted by atomic mass is 10.5. The lowest BCUT2D eigenvalue weighted by Crippen LogP contribution is -2.19. The fourth-order valence-corrected chi connectivity index (χ4v) is 0.886. The molecule has 0 amide bonds. The van der Waals surface area contributed by atoms with Crippen molar-refractivity contribution >= 4 is 17.7 Å². The fourth-order valence-electron chi connectivity index (χ4n) is 0.774. The van der Waals surface area contributed by atoms with E-state index < -0.39 is 0 Å². The molecule has 0 atom stereocenters. The molecule has 6 heteroatoms. The van der Waals surface area contributed by atoms with Gasteiger partial charge in [0.25, 0.3) is 0 Å². The monoisotopic (exact) mass is 186 g/mol. The molecule has 0 saturated carbocycles. The molecule has 66 valence electrons. The van der Waals surface area contributed by atoms with Crippen LogP contribution in [0.5, 0.6) is 0 Å². The average Bonchev–Trinajstić information content (AvgIpc) is 2.35. The van der Waals surface area contributed by atoms with Crippen LogP contribution in [0, 0.1) is 0 Å². The van der Waals surface area contributed by atoms with Crippen LogP contribution in [0.3, 0.4) is 0 Å². The van der Waals surface area contributed by atoms with Crippen molar-refractivity contribution in [3.05, 3.63) is 11.9 Å². The first-order valence-electron chi connectivity index (χ1n) is 3.46. The lowest BCUT2D eigenvalue weighted by Gasteiger charge is -1.95. The van der Waals surface area contributed by atoms with Gasteiger partial charge in [0.15, 0.2) is 5.12 Å². The second kappa shape index (κ2) is 4.22. The summed E-state index contributed by atoms with van der Waals surface area (Å²) >= 11 is 3.61. The van der Waals surface area contributed by atoms with Gasteiger partial charge in [-0.2, -0.15) is 0 Å². The van der Waals surface area contributed by atoms with Crippen LogP contribution in [-0.4, -0.2) is 26.7 Å². The normalized spacial score (nSPS) is 10.2. The number of aryl methyl sites for hydroxylation is 1. The Labute approximate surface area is 75.6 Å². The third kappa shape index (κ3) is 3.02. The highest BCUT2D eigenvalue weighted by Gasteiger charge is 1.98. The number of carbonyl (C=O) groups excluding carboxylic acids is 1. The van der Waals surface area contributed by atoms with Crippen molar-refractivity contribution in [1.29, 1.82) is 0 Å². The summed E-state index contributed by atoms with van der Waals surface area (Å²) in [5.41, 5.74) is 0.812. The van der Waals surface area contributed by atoms with Crippen molar-refractivity contribution in [2.75, 3.05) is 6.54 Å². The van der Waals surface area contributed by atoms with Crippen molar-refractivity contribution in [2.45, 2.75) is 6.54 Å². The van der Waals surface area contributed by atoms with E-state index >= 15 is 0 Å². The van der Waals surface area contributed by atoms with Crippen LogP contribution in [0.15, 0.2) is 6.20 Å². The molecule has 1 aromatic rings. The van der Waals surface area contributed by atoms with Crippen molar-refractivity contribution in [3.63, 3.8) is 0 Å². The summed E-state index contributed by atoms with van der Waals surface area (Å²) in [6.45, 7) is 0.791. The van der Waals surface area contributed by atoms with E-state index in [1.54, 1.807) is 17.9 Å². The van der Waals surface area contributed by atoms with E-state index in [0.29, 0.717) is 6.54 Å². The van der Waals surface area contributed by atoms with Gasteiger partial charge in [0.05, 0.1) is 12.2 Å². The molecule has 5 nitrogen and oxygen atoms in total. The summed E-state index contributed by atoms with van der Waals surface area (Å²) in [6.07, 6.45) is 1.79. The Hall–Kier alpha value is -0.880. The first-order valence-corrected chi connectivity index (χ1v) is 3.91. The van der Waals surface area contributed by atoms with E-state index in [0.717, 1.165) is 5.69 Å². The molecule has 1 N–H and O–H groups in total. The SMILES string of the molecule is Cn1cc(CNCC(=O)S)nn1. The van der Waals surface area contributed by atoms with E-state index in [-0.39, 0.29) is 11.7 Å². The Morgan fingerprint density at radius 2 is 2.58 bits per heavy atom. The van der Waals surface area contributed by atoms with Crippen LogP contribution in [0.1, 0.15) is 5.69 Å². The predicted molar refractivity (Wildman–Crippen MR) is 46.7 cm³/mol. The standard InChI is InChI=1S/C6H10N4OS/c1-10-4-5(8-9-10)2-7-3-6(11)12/h4,7H,2-3H2,1H3,(H,11,12). The number of carbonyl (C=O) groups is 1. The summed E-state index contributed by atoms with van der Waals surface area (Å²) in [7, 11) is 1.79.